The van der Waals surface area contributed by atoms with Gasteiger partial charge in [-0.15, -0.1) is 0 Å². The molecule has 1 amide bonds. The van der Waals surface area contributed by atoms with Crippen molar-refractivity contribution in [1.29, 1.82) is 0 Å². The van der Waals surface area contributed by atoms with E-state index in [0.29, 0.717) is 0 Å². The average Bonchev–Trinajstić information content (AvgIpc) is 2.43. The van der Waals surface area contributed by atoms with Gasteiger partial charge in [-0.2, -0.15) is 0 Å². The molecule has 0 aliphatic carbocycles. The van der Waals surface area contributed by atoms with Gasteiger partial charge in [0.2, 0.25) is 6.10 Å². The van der Waals surface area contributed by atoms with Gasteiger partial charge in [0.1, 0.15) is 11.4 Å². The van der Waals surface area contributed by atoms with E-state index in [2.05, 4.69) is 10.1 Å². The van der Waals surface area contributed by atoms with E-state index in [1.165, 1.54) is 40.8 Å². The average molecular weight is 417 g/mol. The number of alkyl carbamates (subject to hydrolysis) is 1. The van der Waals surface area contributed by atoms with Crippen LogP contribution >= 0.6 is 22.6 Å². The van der Waals surface area contributed by atoms with Gasteiger partial charge in [0, 0.05) is 5.56 Å². The second-order valence-electron chi connectivity index (χ2n) is 4.93. The van der Waals surface area contributed by atoms with Crippen LogP contribution in [0.4, 0.5) is 22.4 Å². The topological polar surface area (TPSA) is 38.3 Å². The molecule has 0 radical (unpaired) electrons. The highest BCUT2D eigenvalue weighted by molar-refractivity contribution is 14.1. The molecule has 21 heavy (non-hydrogen) atoms. The Hall–Kier alpha value is -1.06. The molecule has 0 saturated carbocycles. The first-order chi connectivity index (χ1) is 9.72. The molecule has 1 aliphatic rings. The van der Waals surface area contributed by atoms with Crippen molar-refractivity contribution < 1.29 is 27.1 Å². The van der Waals surface area contributed by atoms with Gasteiger partial charge >= 0.3 is 6.09 Å². The van der Waals surface area contributed by atoms with Crippen LogP contribution in [0.2, 0.25) is 0 Å². The van der Waals surface area contributed by atoms with Crippen molar-refractivity contribution in [1.82, 2.24) is 5.32 Å². The SMILES string of the molecule is C[C@]1(c2ccccc2F)NC(=O)O[C@H](C(F)(F)CI)[C@@H]1F. The standard InChI is InChI=1S/C13H12F4INO2/c1-12(7-4-2-3-5-8(7)14)9(15)10(13(16,17)6-18)21-11(20)19-12/h2-5,9-10H,6H2,1H3,(H,19,20)/t9-,10-,12+/m0/s1. The first kappa shape index (κ1) is 16.3. The molecule has 1 N–H and O–H groups in total. The van der Waals surface area contributed by atoms with Crippen LogP contribution in [0.15, 0.2) is 24.3 Å². The lowest BCUT2D eigenvalue weighted by molar-refractivity contribution is -0.153. The fourth-order valence-electron chi connectivity index (χ4n) is 2.26. The van der Waals surface area contributed by atoms with Gasteiger partial charge in [0.05, 0.1) is 4.43 Å². The molecule has 3 nitrogen and oxygen atoms in total. The smallest absolute Gasteiger partial charge is 0.408 e. The van der Waals surface area contributed by atoms with Crippen molar-refractivity contribution in [3.8, 4) is 0 Å². The summed E-state index contributed by atoms with van der Waals surface area (Å²) < 4.78 is 59.7. The lowest BCUT2D eigenvalue weighted by Crippen LogP contribution is -2.65. The maximum absolute atomic E-state index is 14.6. The normalized spacial score (nSPS) is 29.7. The summed E-state index contributed by atoms with van der Waals surface area (Å²) in [6.45, 7) is 1.16. The fraction of sp³-hybridized carbons (Fsp3) is 0.462. The van der Waals surface area contributed by atoms with Gasteiger partial charge in [-0.05, 0) is 13.0 Å². The Balaban J connectivity index is 2.48. The van der Waals surface area contributed by atoms with Crippen LogP contribution in [0.1, 0.15) is 12.5 Å². The summed E-state index contributed by atoms with van der Waals surface area (Å²) in [6.07, 6.45) is -5.78. The van der Waals surface area contributed by atoms with Gasteiger partial charge in [0.25, 0.3) is 5.92 Å². The Morgan fingerprint density at radius 3 is 2.62 bits per heavy atom. The molecule has 8 heteroatoms. The maximum atomic E-state index is 14.6. The van der Waals surface area contributed by atoms with E-state index in [0.717, 1.165) is 13.0 Å². The molecular formula is C13H12F4INO2. The van der Waals surface area contributed by atoms with Gasteiger partial charge in [-0.3, -0.25) is 0 Å². The van der Waals surface area contributed by atoms with Crippen LogP contribution in [0.5, 0.6) is 0 Å². The van der Waals surface area contributed by atoms with E-state index in [4.69, 9.17) is 0 Å². The molecule has 1 fully saturated rings. The van der Waals surface area contributed by atoms with Crippen LogP contribution in [0, 0.1) is 5.82 Å². The van der Waals surface area contributed by atoms with E-state index in [1.54, 1.807) is 0 Å². The summed E-state index contributed by atoms with van der Waals surface area (Å²) in [5.41, 5.74) is -2.14. The Morgan fingerprint density at radius 2 is 2.05 bits per heavy atom. The highest BCUT2D eigenvalue weighted by Crippen LogP contribution is 2.40. The molecule has 1 aromatic rings. The summed E-state index contributed by atoms with van der Waals surface area (Å²) in [5, 5.41) is 2.11. The number of halogens is 5. The molecule has 1 heterocycles. The Kier molecular flexibility index (Phi) is 4.36. The summed E-state index contributed by atoms with van der Waals surface area (Å²) in [4.78, 5) is 11.5. The molecule has 3 atom stereocenters. The number of carbonyl (C=O) groups excluding carboxylic acids is 1. The number of rotatable bonds is 3. The number of cyclic esters (lactones) is 1. The third-order valence-corrected chi connectivity index (χ3v) is 4.46. The minimum Gasteiger partial charge on any atom is -0.437 e. The van der Waals surface area contributed by atoms with E-state index in [9.17, 15) is 22.4 Å². The van der Waals surface area contributed by atoms with Crippen molar-refractivity contribution in [2.75, 3.05) is 4.43 Å². The van der Waals surface area contributed by atoms with Crippen molar-refractivity contribution in [2.45, 2.75) is 30.7 Å². The predicted octanol–water partition coefficient (Wildman–Crippen LogP) is 3.56. The van der Waals surface area contributed by atoms with Crippen molar-refractivity contribution in [2.24, 2.45) is 0 Å². The van der Waals surface area contributed by atoms with Crippen molar-refractivity contribution in [3.05, 3.63) is 35.6 Å². The minimum atomic E-state index is -3.55. The second kappa shape index (κ2) is 5.62. The lowest BCUT2D eigenvalue weighted by atomic mass is 9.82. The molecular weight excluding hydrogens is 405 g/mol. The van der Waals surface area contributed by atoms with Crippen LogP contribution in [-0.2, 0) is 10.3 Å². The number of carbonyl (C=O) groups is 1. The number of hydrogen-bond acceptors (Lipinski definition) is 2. The van der Waals surface area contributed by atoms with Gasteiger partial charge in [-0.1, -0.05) is 40.8 Å². The van der Waals surface area contributed by atoms with E-state index < -0.39 is 40.1 Å². The highest BCUT2D eigenvalue weighted by Gasteiger charge is 2.58. The van der Waals surface area contributed by atoms with Gasteiger partial charge < -0.3 is 10.1 Å². The zero-order chi connectivity index (χ0) is 15.8. The Bertz CT molecular complexity index is 557. The van der Waals surface area contributed by atoms with Crippen LogP contribution in [-0.4, -0.2) is 28.7 Å². The number of benzene rings is 1. The molecule has 1 aromatic carbocycles. The number of ether oxygens (including phenoxy) is 1. The molecule has 0 aromatic heterocycles. The van der Waals surface area contributed by atoms with E-state index >= 15 is 0 Å². The van der Waals surface area contributed by atoms with Crippen molar-refractivity contribution >= 4 is 28.7 Å². The summed E-state index contributed by atoms with van der Waals surface area (Å²) >= 11 is 1.38. The lowest BCUT2D eigenvalue weighted by Gasteiger charge is -2.43. The zero-order valence-electron chi connectivity index (χ0n) is 10.9. The molecule has 2 rings (SSSR count). The van der Waals surface area contributed by atoms with Gasteiger partial charge in [0.15, 0.2) is 6.17 Å². The molecule has 116 valence electrons. The minimum absolute atomic E-state index is 0.205. The molecule has 1 saturated heterocycles. The number of amides is 1. The Morgan fingerprint density at radius 1 is 1.43 bits per heavy atom. The predicted molar refractivity (Wildman–Crippen MR) is 75.9 cm³/mol. The third-order valence-electron chi connectivity index (χ3n) is 3.44. The maximum Gasteiger partial charge on any atom is 0.408 e. The molecule has 0 unspecified atom stereocenters. The summed E-state index contributed by atoms with van der Waals surface area (Å²) in [5.74, 6) is -4.34. The van der Waals surface area contributed by atoms with Crippen LogP contribution < -0.4 is 5.32 Å². The first-order valence-corrected chi connectivity index (χ1v) is 7.56. The molecule has 0 spiro atoms. The van der Waals surface area contributed by atoms with Crippen LogP contribution in [0.25, 0.3) is 0 Å². The monoisotopic (exact) mass is 417 g/mol. The van der Waals surface area contributed by atoms with Crippen LogP contribution in [0.3, 0.4) is 0 Å². The first-order valence-electron chi connectivity index (χ1n) is 6.04. The molecule has 1 aliphatic heterocycles. The number of hydrogen-bond donors (Lipinski definition) is 1. The quantitative estimate of drug-likeness (QED) is 0.464. The molecule has 0 bridgehead atoms. The van der Waals surface area contributed by atoms with E-state index in [1.807, 2.05) is 0 Å². The fourth-order valence-corrected chi connectivity index (χ4v) is 2.70. The third kappa shape index (κ3) is 2.82. The zero-order valence-corrected chi connectivity index (χ0v) is 13.0. The van der Waals surface area contributed by atoms with E-state index in [-0.39, 0.29) is 5.56 Å². The Labute approximate surface area is 132 Å². The summed E-state index contributed by atoms with van der Waals surface area (Å²) in [6, 6.07) is 5.13. The van der Waals surface area contributed by atoms with Gasteiger partial charge in [-0.25, -0.2) is 22.4 Å². The number of alkyl halides is 4. The number of nitrogens with one attached hydrogen (secondary N) is 1. The summed E-state index contributed by atoms with van der Waals surface area (Å²) in [7, 11) is 0. The second-order valence-corrected chi connectivity index (χ2v) is 5.69. The largest absolute Gasteiger partial charge is 0.437 e. The highest BCUT2D eigenvalue weighted by atomic mass is 127. The van der Waals surface area contributed by atoms with Crippen molar-refractivity contribution in [3.63, 3.8) is 0 Å².